The molecule has 0 aliphatic rings. The molecule has 0 amide bonds. The van der Waals surface area contributed by atoms with Gasteiger partial charge in [0.05, 0.1) is 0 Å². The highest BCUT2D eigenvalue weighted by molar-refractivity contribution is 5.81. The Labute approximate surface area is 164 Å². The van der Waals surface area contributed by atoms with E-state index in [1.54, 1.807) is 12.1 Å². The number of fused-ring (bicyclic) bond motifs is 1. The van der Waals surface area contributed by atoms with Gasteiger partial charge in [0, 0.05) is 22.6 Å². The number of hydrogen-bond donors (Lipinski definition) is 2. The largest absolute Gasteiger partial charge is 0.508 e. The molecular weight excluding hydrogens is 348 g/mol. The Bertz CT molecular complexity index is 1180. The second-order valence-corrected chi connectivity index (χ2v) is 7.12. The summed E-state index contributed by atoms with van der Waals surface area (Å²) in [6.45, 7) is 8.29. The van der Waals surface area contributed by atoms with Crippen molar-refractivity contribution in [1.82, 2.24) is 14.4 Å². The standard InChI is InChI=1S/C23H24N4O/c1-5-17-9-6-8-14(2)20(17)25-22-21(18-10-7-11-19(28)13-18)26-23-24-15(3)12-16(4)27(22)23/h6-13,25,28H,5H2,1-4H3. The lowest BCUT2D eigenvalue weighted by Crippen LogP contribution is -2.04. The molecule has 0 saturated heterocycles. The molecule has 0 radical (unpaired) electrons. The summed E-state index contributed by atoms with van der Waals surface area (Å²) in [4.78, 5) is 9.43. The molecule has 5 nitrogen and oxygen atoms in total. The molecule has 2 aromatic carbocycles. The summed E-state index contributed by atoms with van der Waals surface area (Å²) in [7, 11) is 0. The third kappa shape index (κ3) is 3.09. The molecule has 0 fully saturated rings. The molecule has 0 unspecified atom stereocenters. The van der Waals surface area contributed by atoms with Crippen molar-refractivity contribution in [1.29, 1.82) is 0 Å². The highest BCUT2D eigenvalue weighted by atomic mass is 16.3. The van der Waals surface area contributed by atoms with Crippen molar-refractivity contribution in [3.8, 4) is 17.0 Å². The van der Waals surface area contributed by atoms with Crippen molar-refractivity contribution >= 4 is 17.3 Å². The smallest absolute Gasteiger partial charge is 0.236 e. The Hall–Kier alpha value is -3.34. The number of rotatable bonds is 4. The number of aryl methyl sites for hydroxylation is 4. The van der Waals surface area contributed by atoms with Crippen LogP contribution in [0.2, 0.25) is 0 Å². The number of imidazole rings is 1. The number of aromatic hydroxyl groups is 1. The van der Waals surface area contributed by atoms with Crippen molar-refractivity contribution in [3.63, 3.8) is 0 Å². The highest BCUT2D eigenvalue weighted by Gasteiger charge is 2.19. The molecule has 4 aromatic rings. The van der Waals surface area contributed by atoms with Gasteiger partial charge in [-0.05, 0) is 56.5 Å². The third-order valence-electron chi connectivity index (χ3n) is 5.01. The molecule has 0 aliphatic carbocycles. The predicted octanol–water partition coefficient (Wildman–Crippen LogP) is 5.33. The van der Waals surface area contributed by atoms with E-state index in [4.69, 9.17) is 4.98 Å². The molecule has 2 aromatic heterocycles. The van der Waals surface area contributed by atoms with Crippen molar-refractivity contribution in [3.05, 3.63) is 71.0 Å². The number of hydrogen-bond acceptors (Lipinski definition) is 4. The minimum atomic E-state index is 0.214. The molecule has 0 bridgehead atoms. The third-order valence-corrected chi connectivity index (χ3v) is 5.01. The fraction of sp³-hybridized carbons (Fsp3) is 0.217. The molecule has 0 spiro atoms. The summed E-state index contributed by atoms with van der Waals surface area (Å²) in [5.74, 6) is 1.71. The van der Waals surface area contributed by atoms with Crippen LogP contribution in [0.15, 0.2) is 48.5 Å². The second-order valence-electron chi connectivity index (χ2n) is 7.12. The first-order valence-electron chi connectivity index (χ1n) is 9.49. The summed E-state index contributed by atoms with van der Waals surface area (Å²) in [5, 5.41) is 13.6. The van der Waals surface area contributed by atoms with E-state index in [0.717, 1.165) is 40.6 Å². The van der Waals surface area contributed by atoms with E-state index < -0.39 is 0 Å². The van der Waals surface area contributed by atoms with Crippen LogP contribution in [0, 0.1) is 20.8 Å². The molecule has 0 saturated carbocycles. The van der Waals surface area contributed by atoms with E-state index in [0.29, 0.717) is 5.78 Å². The Morgan fingerprint density at radius 2 is 1.79 bits per heavy atom. The fourth-order valence-corrected chi connectivity index (χ4v) is 3.66. The molecule has 0 atom stereocenters. The lowest BCUT2D eigenvalue weighted by molar-refractivity contribution is 0.475. The van der Waals surface area contributed by atoms with Crippen LogP contribution in [0.1, 0.15) is 29.4 Å². The minimum Gasteiger partial charge on any atom is -0.508 e. The number of phenolic OH excluding ortho intramolecular Hbond substituents is 1. The lowest BCUT2D eigenvalue weighted by Gasteiger charge is -2.16. The summed E-state index contributed by atoms with van der Waals surface area (Å²) >= 11 is 0. The van der Waals surface area contributed by atoms with E-state index in [1.165, 1.54) is 11.1 Å². The molecular formula is C23H24N4O. The van der Waals surface area contributed by atoms with Gasteiger partial charge in [-0.25, -0.2) is 9.97 Å². The Kier molecular flexibility index (Phi) is 4.51. The average molecular weight is 372 g/mol. The topological polar surface area (TPSA) is 62.5 Å². The van der Waals surface area contributed by atoms with Gasteiger partial charge in [-0.15, -0.1) is 0 Å². The molecule has 5 heteroatoms. The van der Waals surface area contributed by atoms with E-state index in [-0.39, 0.29) is 5.75 Å². The Morgan fingerprint density at radius 3 is 2.54 bits per heavy atom. The molecule has 0 aliphatic heterocycles. The van der Waals surface area contributed by atoms with Gasteiger partial charge in [0.15, 0.2) is 0 Å². The van der Waals surface area contributed by atoms with Gasteiger partial charge in [-0.2, -0.15) is 0 Å². The quantitative estimate of drug-likeness (QED) is 0.508. The SMILES string of the molecule is CCc1cccc(C)c1Nc1c(-c2cccc(O)c2)nc2nc(C)cc(C)n12. The van der Waals surface area contributed by atoms with Crippen LogP contribution in [0.25, 0.3) is 17.0 Å². The van der Waals surface area contributed by atoms with Crippen molar-refractivity contribution in [2.45, 2.75) is 34.1 Å². The van der Waals surface area contributed by atoms with Gasteiger partial charge in [-0.3, -0.25) is 4.40 Å². The predicted molar refractivity (Wildman–Crippen MR) is 113 cm³/mol. The summed E-state index contributed by atoms with van der Waals surface area (Å²) in [5.41, 5.74) is 7.10. The van der Waals surface area contributed by atoms with Crippen molar-refractivity contribution in [2.24, 2.45) is 0 Å². The zero-order chi connectivity index (χ0) is 19.8. The number of para-hydroxylation sites is 1. The summed E-state index contributed by atoms with van der Waals surface area (Å²) < 4.78 is 2.04. The Morgan fingerprint density at radius 1 is 1.00 bits per heavy atom. The first kappa shape index (κ1) is 18.0. The maximum atomic E-state index is 9.98. The molecule has 2 N–H and O–H groups in total. The van der Waals surface area contributed by atoms with Gasteiger partial charge in [-0.1, -0.05) is 37.3 Å². The summed E-state index contributed by atoms with van der Waals surface area (Å²) in [6, 6.07) is 15.5. The molecule has 2 heterocycles. The van der Waals surface area contributed by atoms with Crippen LogP contribution < -0.4 is 5.32 Å². The van der Waals surface area contributed by atoms with Gasteiger partial charge in [0.2, 0.25) is 5.78 Å². The zero-order valence-corrected chi connectivity index (χ0v) is 16.6. The molecule has 4 rings (SSSR count). The van der Waals surface area contributed by atoms with E-state index in [9.17, 15) is 5.11 Å². The van der Waals surface area contributed by atoms with Crippen molar-refractivity contribution in [2.75, 3.05) is 5.32 Å². The maximum Gasteiger partial charge on any atom is 0.236 e. The van der Waals surface area contributed by atoms with Crippen LogP contribution in [-0.2, 0) is 6.42 Å². The van der Waals surface area contributed by atoms with Crippen LogP contribution in [0.4, 0.5) is 11.5 Å². The number of benzene rings is 2. The van der Waals surface area contributed by atoms with Gasteiger partial charge >= 0.3 is 0 Å². The Balaban J connectivity index is 2.00. The van der Waals surface area contributed by atoms with Gasteiger partial charge in [0.1, 0.15) is 17.3 Å². The first-order chi connectivity index (χ1) is 13.5. The van der Waals surface area contributed by atoms with Gasteiger partial charge < -0.3 is 10.4 Å². The fourth-order valence-electron chi connectivity index (χ4n) is 3.66. The van der Waals surface area contributed by atoms with E-state index in [2.05, 4.69) is 49.3 Å². The van der Waals surface area contributed by atoms with Crippen LogP contribution >= 0.6 is 0 Å². The van der Waals surface area contributed by atoms with Crippen molar-refractivity contribution < 1.29 is 5.11 Å². The maximum absolute atomic E-state index is 9.98. The molecule has 28 heavy (non-hydrogen) atoms. The number of nitrogens with zero attached hydrogens (tertiary/aromatic N) is 3. The number of nitrogens with one attached hydrogen (secondary N) is 1. The monoisotopic (exact) mass is 372 g/mol. The van der Waals surface area contributed by atoms with Crippen LogP contribution in [-0.4, -0.2) is 19.5 Å². The highest BCUT2D eigenvalue weighted by Crippen LogP contribution is 2.35. The second kappa shape index (κ2) is 7.00. The van der Waals surface area contributed by atoms with Crippen LogP contribution in [0.5, 0.6) is 5.75 Å². The zero-order valence-electron chi connectivity index (χ0n) is 16.6. The molecule has 142 valence electrons. The number of phenols is 1. The minimum absolute atomic E-state index is 0.214. The first-order valence-corrected chi connectivity index (χ1v) is 9.49. The lowest BCUT2D eigenvalue weighted by atomic mass is 10.1. The van der Waals surface area contributed by atoms with Gasteiger partial charge in [0.25, 0.3) is 0 Å². The average Bonchev–Trinajstić information content (AvgIpc) is 3.02. The van der Waals surface area contributed by atoms with E-state index >= 15 is 0 Å². The van der Waals surface area contributed by atoms with Crippen LogP contribution in [0.3, 0.4) is 0 Å². The van der Waals surface area contributed by atoms with E-state index in [1.807, 2.05) is 29.5 Å². The number of anilines is 2. The normalized spacial score (nSPS) is 11.1. The summed E-state index contributed by atoms with van der Waals surface area (Å²) in [6.07, 6.45) is 0.929. The number of aromatic nitrogens is 3.